The minimum atomic E-state index is 0.719. The van der Waals surface area contributed by atoms with Crippen LogP contribution in [-0.4, -0.2) is 0 Å². The number of unbranched alkanes of at least 4 members (excludes halogenated alkanes) is 25. The van der Waals surface area contributed by atoms with Crippen molar-refractivity contribution in [2.75, 3.05) is 0 Å². The van der Waals surface area contributed by atoms with E-state index in [4.69, 9.17) is 0 Å². The van der Waals surface area contributed by atoms with E-state index in [1.807, 2.05) is 0 Å². The third-order valence-corrected chi connectivity index (χ3v) is 7.68. The molecule has 1 atom stereocenters. The molecule has 0 heterocycles. The SMILES string of the molecule is [CH2]C(CCCCC)CCCCCCCCCCCCCCCCCCCCCCCCCC. The van der Waals surface area contributed by atoms with Crippen LogP contribution >= 0.6 is 0 Å². The lowest BCUT2D eigenvalue weighted by Crippen LogP contribution is -1.95. The lowest BCUT2D eigenvalue weighted by atomic mass is 9.96. The highest BCUT2D eigenvalue weighted by atomic mass is 14.1. The summed E-state index contributed by atoms with van der Waals surface area (Å²) < 4.78 is 0. The molecule has 0 aromatic rings. The van der Waals surface area contributed by atoms with Crippen LogP contribution in [0.2, 0.25) is 0 Å². The van der Waals surface area contributed by atoms with Crippen LogP contribution in [0.25, 0.3) is 0 Å². The molecule has 1 unspecified atom stereocenters. The summed E-state index contributed by atoms with van der Waals surface area (Å²) >= 11 is 0. The Morgan fingerprint density at radius 2 is 0.485 bits per heavy atom. The third-order valence-electron chi connectivity index (χ3n) is 7.68. The second-order valence-electron chi connectivity index (χ2n) is 11.3. The molecule has 0 aliphatic heterocycles. The molecule has 0 nitrogen and oxygen atoms in total. The highest BCUT2D eigenvalue weighted by Gasteiger charge is 2.02. The summed E-state index contributed by atoms with van der Waals surface area (Å²) in [4.78, 5) is 0. The van der Waals surface area contributed by atoms with Crippen LogP contribution in [0.15, 0.2) is 0 Å². The first kappa shape index (κ1) is 33.0. The summed E-state index contributed by atoms with van der Waals surface area (Å²) in [5.41, 5.74) is 0. The highest BCUT2D eigenvalue weighted by Crippen LogP contribution is 2.18. The molecule has 0 aliphatic carbocycles. The fourth-order valence-corrected chi connectivity index (χ4v) is 5.22. The molecule has 0 aromatic carbocycles. The Hall–Kier alpha value is 0. The lowest BCUT2D eigenvalue weighted by molar-refractivity contribution is 0.467. The summed E-state index contributed by atoms with van der Waals surface area (Å²) in [6, 6.07) is 0. The van der Waals surface area contributed by atoms with Crippen molar-refractivity contribution in [1.29, 1.82) is 0 Å². The fraction of sp³-hybridized carbons (Fsp3) is 0.970. The molecule has 33 heavy (non-hydrogen) atoms. The summed E-state index contributed by atoms with van der Waals surface area (Å²) in [6.07, 6.45) is 42.2. The minimum absolute atomic E-state index is 0.719. The highest BCUT2D eigenvalue weighted by molar-refractivity contribution is 4.62. The van der Waals surface area contributed by atoms with E-state index in [-0.39, 0.29) is 0 Å². The van der Waals surface area contributed by atoms with Gasteiger partial charge in [-0.05, 0) is 5.92 Å². The molecule has 0 fully saturated rings. The van der Waals surface area contributed by atoms with Gasteiger partial charge in [-0.3, -0.25) is 0 Å². The van der Waals surface area contributed by atoms with Crippen LogP contribution in [-0.2, 0) is 0 Å². The molecular weight excluding hydrogens is 396 g/mol. The van der Waals surface area contributed by atoms with Gasteiger partial charge in [0.25, 0.3) is 0 Å². The van der Waals surface area contributed by atoms with E-state index in [9.17, 15) is 0 Å². The monoisotopic (exact) mass is 464 g/mol. The molecule has 1 radical (unpaired) electrons. The normalized spacial score (nSPS) is 12.5. The topological polar surface area (TPSA) is 0 Å². The molecule has 0 saturated heterocycles. The van der Waals surface area contributed by atoms with Crippen molar-refractivity contribution in [2.45, 2.75) is 200 Å². The average Bonchev–Trinajstić information content (AvgIpc) is 2.82. The van der Waals surface area contributed by atoms with Crippen molar-refractivity contribution in [3.63, 3.8) is 0 Å². The summed E-state index contributed by atoms with van der Waals surface area (Å²) in [7, 11) is 0. The molecule has 0 bridgehead atoms. The molecule has 0 aliphatic rings. The van der Waals surface area contributed by atoms with Crippen molar-refractivity contribution in [3.05, 3.63) is 6.92 Å². The molecule has 199 valence electrons. The summed E-state index contributed by atoms with van der Waals surface area (Å²) in [5.74, 6) is 0.719. The molecule has 0 aromatic heterocycles. The first-order valence-electron chi connectivity index (χ1n) is 16.1. The van der Waals surface area contributed by atoms with Gasteiger partial charge in [-0.25, -0.2) is 0 Å². The van der Waals surface area contributed by atoms with E-state index < -0.39 is 0 Å². The second-order valence-corrected chi connectivity index (χ2v) is 11.3. The maximum atomic E-state index is 4.34. The minimum Gasteiger partial charge on any atom is -0.0654 e. The Morgan fingerprint density at radius 3 is 0.758 bits per heavy atom. The van der Waals surface area contributed by atoms with Crippen LogP contribution < -0.4 is 0 Å². The first-order chi connectivity index (χ1) is 16.3. The van der Waals surface area contributed by atoms with Crippen molar-refractivity contribution in [3.8, 4) is 0 Å². The van der Waals surface area contributed by atoms with Gasteiger partial charge < -0.3 is 0 Å². The standard InChI is InChI=1S/C33H67/c1-4-6-8-9-10-11-12-13-14-15-16-17-18-19-20-21-22-23-24-25-26-27-28-30-32-33(3)31-29-7-5-2/h33H,3-32H2,1-2H3. The molecule has 0 N–H and O–H groups in total. The quantitative estimate of drug-likeness (QED) is 0.0967. The lowest BCUT2D eigenvalue weighted by Gasteiger charge is -2.10. The zero-order valence-electron chi connectivity index (χ0n) is 23.8. The van der Waals surface area contributed by atoms with Crippen LogP contribution in [0, 0.1) is 12.8 Å². The zero-order valence-corrected chi connectivity index (χ0v) is 23.8. The maximum absolute atomic E-state index is 4.34. The number of hydrogen-bond donors (Lipinski definition) is 0. The Kier molecular flexibility index (Phi) is 30.0. The van der Waals surface area contributed by atoms with Gasteiger partial charge in [0.05, 0.1) is 0 Å². The van der Waals surface area contributed by atoms with Gasteiger partial charge in [-0.15, -0.1) is 0 Å². The Balaban J connectivity index is 3.05. The van der Waals surface area contributed by atoms with Gasteiger partial charge in [0.15, 0.2) is 0 Å². The smallest absolute Gasteiger partial charge is 0.0414 e. The van der Waals surface area contributed by atoms with Gasteiger partial charge in [-0.2, -0.15) is 0 Å². The fourth-order valence-electron chi connectivity index (χ4n) is 5.22. The third kappa shape index (κ3) is 30.0. The predicted molar refractivity (Wildman–Crippen MR) is 154 cm³/mol. The van der Waals surface area contributed by atoms with Crippen LogP contribution in [0.1, 0.15) is 200 Å². The van der Waals surface area contributed by atoms with E-state index in [1.165, 1.54) is 186 Å². The molecule has 0 rings (SSSR count). The second kappa shape index (κ2) is 30.0. The molecule has 0 spiro atoms. The summed E-state index contributed by atoms with van der Waals surface area (Å²) in [5, 5.41) is 0. The first-order valence-corrected chi connectivity index (χ1v) is 16.1. The van der Waals surface area contributed by atoms with E-state index in [1.54, 1.807) is 0 Å². The Morgan fingerprint density at radius 1 is 0.303 bits per heavy atom. The average molecular weight is 464 g/mol. The maximum Gasteiger partial charge on any atom is -0.0414 e. The molecular formula is C33H67. The van der Waals surface area contributed by atoms with E-state index >= 15 is 0 Å². The van der Waals surface area contributed by atoms with Crippen LogP contribution in [0.3, 0.4) is 0 Å². The van der Waals surface area contributed by atoms with Crippen molar-refractivity contribution < 1.29 is 0 Å². The molecule has 0 saturated carbocycles. The van der Waals surface area contributed by atoms with Gasteiger partial charge in [0, 0.05) is 0 Å². The molecule has 0 amide bonds. The van der Waals surface area contributed by atoms with E-state index in [0.717, 1.165) is 5.92 Å². The number of hydrogen-bond acceptors (Lipinski definition) is 0. The van der Waals surface area contributed by atoms with Crippen molar-refractivity contribution >= 4 is 0 Å². The zero-order chi connectivity index (χ0) is 24.1. The molecule has 0 heteroatoms. The van der Waals surface area contributed by atoms with Crippen LogP contribution in [0.4, 0.5) is 0 Å². The van der Waals surface area contributed by atoms with Crippen LogP contribution in [0.5, 0.6) is 0 Å². The van der Waals surface area contributed by atoms with Crippen molar-refractivity contribution in [1.82, 2.24) is 0 Å². The largest absolute Gasteiger partial charge is 0.0654 e. The number of rotatable bonds is 29. The van der Waals surface area contributed by atoms with Gasteiger partial charge in [-0.1, -0.05) is 207 Å². The van der Waals surface area contributed by atoms with Gasteiger partial charge in [0.2, 0.25) is 0 Å². The van der Waals surface area contributed by atoms with E-state index in [2.05, 4.69) is 20.8 Å². The Bertz CT molecular complexity index is 320. The van der Waals surface area contributed by atoms with Crippen molar-refractivity contribution in [2.24, 2.45) is 5.92 Å². The van der Waals surface area contributed by atoms with Gasteiger partial charge >= 0.3 is 0 Å². The predicted octanol–water partition coefficient (Wildman–Crippen LogP) is 12.8. The summed E-state index contributed by atoms with van der Waals surface area (Å²) in [6.45, 7) is 8.93. The van der Waals surface area contributed by atoms with Gasteiger partial charge in [0.1, 0.15) is 0 Å². The van der Waals surface area contributed by atoms with E-state index in [0.29, 0.717) is 0 Å². The Labute approximate surface area is 212 Å².